The van der Waals surface area contributed by atoms with Gasteiger partial charge in [-0.3, -0.25) is 9.53 Å². The minimum atomic E-state index is -4.86. The van der Waals surface area contributed by atoms with Crippen molar-refractivity contribution in [1.82, 2.24) is 0 Å². The number of alkyl halides is 3. The molecule has 1 rings (SSSR count). The molecular formula is C12H13F4NO3. The number of ether oxygens (including phenoxy) is 1. The van der Waals surface area contributed by atoms with Gasteiger partial charge < -0.3 is 10.8 Å². The van der Waals surface area contributed by atoms with Gasteiger partial charge >= 0.3 is 12.3 Å². The molecule has 0 bridgehead atoms. The number of benzene rings is 1. The van der Waals surface area contributed by atoms with Crippen molar-refractivity contribution in [3.05, 3.63) is 35.6 Å². The SMILES string of the molecule is NCC(CCOC(F)(F)F)(C(=O)O)c1cccc(F)c1. The Hall–Kier alpha value is -1.67. The smallest absolute Gasteiger partial charge is 0.481 e. The summed E-state index contributed by atoms with van der Waals surface area (Å²) in [6, 6.07) is 4.60. The molecule has 0 fully saturated rings. The Morgan fingerprint density at radius 3 is 2.45 bits per heavy atom. The van der Waals surface area contributed by atoms with Crippen LogP contribution in [0.1, 0.15) is 12.0 Å². The van der Waals surface area contributed by atoms with E-state index in [0.29, 0.717) is 0 Å². The first-order chi connectivity index (χ1) is 9.21. The second-order valence-corrected chi connectivity index (χ2v) is 4.15. The zero-order valence-electron chi connectivity index (χ0n) is 10.3. The van der Waals surface area contributed by atoms with E-state index in [9.17, 15) is 27.5 Å². The third-order valence-corrected chi connectivity index (χ3v) is 2.93. The van der Waals surface area contributed by atoms with Crippen molar-refractivity contribution in [1.29, 1.82) is 0 Å². The van der Waals surface area contributed by atoms with Gasteiger partial charge in [0.25, 0.3) is 0 Å². The first kappa shape index (κ1) is 16.4. The number of halogens is 4. The van der Waals surface area contributed by atoms with Gasteiger partial charge in [-0.2, -0.15) is 0 Å². The first-order valence-corrected chi connectivity index (χ1v) is 5.61. The van der Waals surface area contributed by atoms with Gasteiger partial charge in [0.2, 0.25) is 0 Å². The second kappa shape index (κ2) is 6.19. The minimum Gasteiger partial charge on any atom is -0.481 e. The van der Waals surface area contributed by atoms with Gasteiger partial charge in [-0.1, -0.05) is 12.1 Å². The highest BCUT2D eigenvalue weighted by Gasteiger charge is 2.40. The van der Waals surface area contributed by atoms with Crippen LogP contribution in [0.2, 0.25) is 0 Å². The Morgan fingerprint density at radius 2 is 2.00 bits per heavy atom. The van der Waals surface area contributed by atoms with Crippen LogP contribution in [0.25, 0.3) is 0 Å². The molecule has 0 amide bonds. The van der Waals surface area contributed by atoms with E-state index in [1.165, 1.54) is 12.1 Å². The van der Waals surface area contributed by atoms with Gasteiger partial charge in [-0.05, 0) is 24.1 Å². The van der Waals surface area contributed by atoms with Crippen molar-refractivity contribution >= 4 is 5.97 Å². The normalized spacial score (nSPS) is 14.8. The van der Waals surface area contributed by atoms with Gasteiger partial charge in [-0.25, -0.2) is 4.39 Å². The zero-order chi connectivity index (χ0) is 15.4. The lowest BCUT2D eigenvalue weighted by Crippen LogP contribution is -2.44. The summed E-state index contributed by atoms with van der Waals surface area (Å²) in [5, 5.41) is 9.26. The van der Waals surface area contributed by atoms with E-state index in [4.69, 9.17) is 5.73 Å². The fourth-order valence-corrected chi connectivity index (χ4v) is 1.81. The molecule has 20 heavy (non-hydrogen) atoms. The summed E-state index contributed by atoms with van der Waals surface area (Å²) in [6.45, 7) is -1.36. The van der Waals surface area contributed by atoms with E-state index in [0.717, 1.165) is 12.1 Å². The number of hydrogen-bond donors (Lipinski definition) is 2. The molecule has 0 saturated heterocycles. The standard InChI is InChI=1S/C12H13F4NO3/c13-9-3-1-2-8(6-9)11(7-17,10(18)19)4-5-20-12(14,15)16/h1-3,6H,4-5,7,17H2,(H,18,19). The Balaban J connectivity index is 3.01. The van der Waals surface area contributed by atoms with Crippen LogP contribution in [0.3, 0.4) is 0 Å². The molecule has 1 aromatic carbocycles. The number of aliphatic carboxylic acids is 1. The number of carboxylic acids is 1. The van der Waals surface area contributed by atoms with Crippen LogP contribution in [0.4, 0.5) is 17.6 Å². The number of nitrogens with two attached hydrogens (primary N) is 1. The molecule has 4 nitrogen and oxygen atoms in total. The molecule has 0 saturated carbocycles. The average Bonchev–Trinajstić information content (AvgIpc) is 2.33. The molecule has 3 N–H and O–H groups in total. The molecule has 0 aromatic heterocycles. The largest absolute Gasteiger partial charge is 0.522 e. The molecule has 0 aliphatic heterocycles. The van der Waals surface area contributed by atoms with Crippen LogP contribution in [-0.2, 0) is 14.9 Å². The lowest BCUT2D eigenvalue weighted by atomic mass is 9.78. The maximum absolute atomic E-state index is 13.2. The van der Waals surface area contributed by atoms with Crippen molar-refractivity contribution in [2.45, 2.75) is 18.2 Å². The summed E-state index contributed by atoms with van der Waals surface area (Å²) < 4.78 is 52.6. The summed E-state index contributed by atoms with van der Waals surface area (Å²) >= 11 is 0. The third-order valence-electron chi connectivity index (χ3n) is 2.93. The monoisotopic (exact) mass is 295 g/mol. The number of carboxylic acid groups (broad SMARTS) is 1. The number of hydrogen-bond acceptors (Lipinski definition) is 3. The maximum atomic E-state index is 13.2. The van der Waals surface area contributed by atoms with Crippen molar-refractivity contribution < 1.29 is 32.2 Å². The molecule has 8 heteroatoms. The van der Waals surface area contributed by atoms with Gasteiger partial charge in [0.15, 0.2) is 0 Å². The van der Waals surface area contributed by atoms with Crippen molar-refractivity contribution in [2.75, 3.05) is 13.2 Å². The molecule has 0 heterocycles. The molecule has 0 spiro atoms. The van der Waals surface area contributed by atoms with Crippen molar-refractivity contribution in [3.63, 3.8) is 0 Å². The zero-order valence-corrected chi connectivity index (χ0v) is 10.3. The van der Waals surface area contributed by atoms with Crippen molar-refractivity contribution in [2.24, 2.45) is 5.73 Å². The predicted molar refractivity (Wildman–Crippen MR) is 61.4 cm³/mol. The molecule has 0 aliphatic rings. The average molecular weight is 295 g/mol. The van der Waals surface area contributed by atoms with Crippen LogP contribution in [0, 0.1) is 5.82 Å². The Kier molecular flexibility index (Phi) is 5.07. The second-order valence-electron chi connectivity index (χ2n) is 4.15. The van der Waals surface area contributed by atoms with Crippen LogP contribution in [-0.4, -0.2) is 30.6 Å². The topological polar surface area (TPSA) is 72.5 Å². The molecule has 1 atom stereocenters. The van der Waals surface area contributed by atoms with E-state index in [-0.39, 0.29) is 5.56 Å². The highest BCUT2D eigenvalue weighted by Crippen LogP contribution is 2.29. The Labute approximate surface area is 112 Å². The van der Waals surface area contributed by atoms with Crippen LogP contribution >= 0.6 is 0 Å². The highest BCUT2D eigenvalue weighted by atomic mass is 19.4. The lowest BCUT2D eigenvalue weighted by Gasteiger charge is -2.28. The van der Waals surface area contributed by atoms with Gasteiger partial charge in [0.1, 0.15) is 11.2 Å². The molecule has 0 aliphatic carbocycles. The Bertz CT molecular complexity index is 478. The van der Waals surface area contributed by atoms with E-state index in [1.807, 2.05) is 0 Å². The van der Waals surface area contributed by atoms with Crippen molar-refractivity contribution in [3.8, 4) is 0 Å². The number of rotatable bonds is 6. The minimum absolute atomic E-state index is 0.00160. The van der Waals surface area contributed by atoms with E-state index < -0.39 is 43.1 Å². The quantitative estimate of drug-likeness (QED) is 0.788. The van der Waals surface area contributed by atoms with Gasteiger partial charge in [-0.15, -0.1) is 13.2 Å². The number of carbonyl (C=O) groups is 1. The molecule has 112 valence electrons. The Morgan fingerprint density at radius 1 is 1.35 bits per heavy atom. The summed E-state index contributed by atoms with van der Waals surface area (Å²) in [7, 11) is 0. The maximum Gasteiger partial charge on any atom is 0.522 e. The molecule has 0 radical (unpaired) electrons. The molecular weight excluding hydrogens is 282 g/mol. The van der Waals surface area contributed by atoms with Gasteiger partial charge in [0, 0.05) is 6.54 Å². The summed E-state index contributed by atoms with van der Waals surface area (Å²) in [4.78, 5) is 11.4. The molecule has 1 unspecified atom stereocenters. The molecule has 1 aromatic rings. The summed E-state index contributed by atoms with van der Waals surface area (Å²) in [5.74, 6) is -2.13. The summed E-state index contributed by atoms with van der Waals surface area (Å²) in [6.07, 6.45) is -5.39. The summed E-state index contributed by atoms with van der Waals surface area (Å²) in [5.41, 5.74) is 3.57. The van der Waals surface area contributed by atoms with Crippen LogP contribution < -0.4 is 5.73 Å². The van der Waals surface area contributed by atoms with E-state index in [2.05, 4.69) is 4.74 Å². The first-order valence-electron chi connectivity index (χ1n) is 5.61. The fourth-order valence-electron chi connectivity index (χ4n) is 1.81. The van der Waals surface area contributed by atoms with Crippen LogP contribution in [0.15, 0.2) is 24.3 Å². The third kappa shape index (κ3) is 3.91. The van der Waals surface area contributed by atoms with E-state index >= 15 is 0 Å². The fraction of sp³-hybridized carbons (Fsp3) is 0.417. The van der Waals surface area contributed by atoms with Crippen LogP contribution in [0.5, 0.6) is 0 Å². The highest BCUT2D eigenvalue weighted by molar-refractivity contribution is 5.81. The van der Waals surface area contributed by atoms with E-state index in [1.54, 1.807) is 0 Å². The lowest BCUT2D eigenvalue weighted by molar-refractivity contribution is -0.325. The predicted octanol–water partition coefficient (Wildman–Crippen LogP) is 2.03. The van der Waals surface area contributed by atoms with Gasteiger partial charge in [0.05, 0.1) is 6.61 Å².